The van der Waals surface area contributed by atoms with Gasteiger partial charge in [0.1, 0.15) is 0 Å². The number of hydrogen-bond donors (Lipinski definition) is 1. The minimum atomic E-state index is -1.48. The van der Waals surface area contributed by atoms with E-state index in [-0.39, 0.29) is 6.07 Å². The van der Waals surface area contributed by atoms with Crippen LogP contribution in [0.4, 0.5) is 17.6 Å². The van der Waals surface area contributed by atoms with Crippen LogP contribution in [0.2, 0.25) is 0 Å². The van der Waals surface area contributed by atoms with Gasteiger partial charge in [0.15, 0.2) is 23.3 Å². The van der Waals surface area contributed by atoms with Gasteiger partial charge < -0.3 is 5.73 Å². The lowest BCUT2D eigenvalue weighted by Crippen LogP contribution is -2.32. The topological polar surface area (TPSA) is 26.0 Å². The Hall–Kier alpha value is -1.10. The Labute approximate surface area is 78.5 Å². The molecule has 0 fully saturated rings. The minimum Gasteiger partial charge on any atom is -0.322 e. The zero-order valence-electron chi connectivity index (χ0n) is 7.67. The van der Waals surface area contributed by atoms with Crippen LogP contribution in [-0.4, -0.2) is 0 Å². The van der Waals surface area contributed by atoms with Crippen molar-refractivity contribution < 1.29 is 17.6 Å². The van der Waals surface area contributed by atoms with E-state index >= 15 is 0 Å². The fraction of sp³-hybridized carbons (Fsp3) is 0.333. The van der Waals surface area contributed by atoms with Gasteiger partial charge in [-0.3, -0.25) is 0 Å². The molecule has 78 valence electrons. The van der Waals surface area contributed by atoms with E-state index in [0.29, 0.717) is 0 Å². The van der Waals surface area contributed by atoms with E-state index < -0.39 is 34.4 Å². The Morgan fingerprint density at radius 1 is 1.00 bits per heavy atom. The first kappa shape index (κ1) is 11.0. The van der Waals surface area contributed by atoms with Crippen molar-refractivity contribution >= 4 is 0 Å². The zero-order valence-corrected chi connectivity index (χ0v) is 7.67. The van der Waals surface area contributed by atoms with Gasteiger partial charge in [0, 0.05) is 17.2 Å². The number of hydrogen-bond acceptors (Lipinski definition) is 1. The van der Waals surface area contributed by atoms with E-state index in [9.17, 15) is 17.6 Å². The van der Waals surface area contributed by atoms with Crippen LogP contribution in [0, 0.1) is 23.3 Å². The molecule has 0 aromatic heterocycles. The van der Waals surface area contributed by atoms with Crippen LogP contribution in [-0.2, 0) is 5.54 Å². The van der Waals surface area contributed by atoms with Crippen molar-refractivity contribution in [3.63, 3.8) is 0 Å². The molecule has 0 unspecified atom stereocenters. The predicted octanol–water partition coefficient (Wildman–Crippen LogP) is 2.44. The average molecular weight is 207 g/mol. The largest absolute Gasteiger partial charge is 0.322 e. The van der Waals surface area contributed by atoms with E-state index in [0.717, 1.165) is 0 Å². The first-order chi connectivity index (χ1) is 6.25. The summed E-state index contributed by atoms with van der Waals surface area (Å²) < 4.78 is 51.6. The number of rotatable bonds is 1. The lowest BCUT2D eigenvalue weighted by molar-refractivity contribution is 0.397. The van der Waals surface area contributed by atoms with Crippen molar-refractivity contribution in [2.45, 2.75) is 19.4 Å². The molecule has 0 heterocycles. The van der Waals surface area contributed by atoms with Crippen molar-refractivity contribution in [3.05, 3.63) is 34.9 Å². The lowest BCUT2D eigenvalue weighted by Gasteiger charge is -2.20. The maximum Gasteiger partial charge on any atom is 0.167 e. The third kappa shape index (κ3) is 1.72. The van der Waals surface area contributed by atoms with Crippen LogP contribution in [0.5, 0.6) is 0 Å². The third-order valence-electron chi connectivity index (χ3n) is 1.76. The Kier molecular flexibility index (Phi) is 2.54. The first-order valence-corrected chi connectivity index (χ1v) is 3.87. The molecular weight excluding hydrogens is 198 g/mol. The standard InChI is InChI=1S/C9H9F4N/c1-9(2,14)6-7(12)4(10)3-5(11)8(6)13/h3H,14H2,1-2H3. The predicted molar refractivity (Wildman–Crippen MR) is 43.5 cm³/mol. The molecule has 1 aromatic rings. The van der Waals surface area contributed by atoms with E-state index in [4.69, 9.17) is 5.73 Å². The highest BCUT2D eigenvalue weighted by Crippen LogP contribution is 2.27. The summed E-state index contributed by atoms with van der Waals surface area (Å²) in [5.74, 6) is -5.79. The molecule has 14 heavy (non-hydrogen) atoms. The molecule has 1 aromatic carbocycles. The van der Waals surface area contributed by atoms with E-state index in [1.54, 1.807) is 0 Å². The maximum atomic E-state index is 13.1. The third-order valence-corrected chi connectivity index (χ3v) is 1.76. The van der Waals surface area contributed by atoms with Gasteiger partial charge in [0.25, 0.3) is 0 Å². The highest BCUT2D eigenvalue weighted by atomic mass is 19.2. The van der Waals surface area contributed by atoms with Crippen molar-refractivity contribution in [2.24, 2.45) is 5.73 Å². The molecular formula is C9H9F4N. The Morgan fingerprint density at radius 2 is 1.36 bits per heavy atom. The molecule has 1 rings (SSSR count). The van der Waals surface area contributed by atoms with Gasteiger partial charge in [-0.15, -0.1) is 0 Å². The lowest BCUT2D eigenvalue weighted by atomic mass is 9.94. The maximum absolute atomic E-state index is 13.1. The highest BCUT2D eigenvalue weighted by molar-refractivity contribution is 5.28. The molecule has 0 bridgehead atoms. The highest BCUT2D eigenvalue weighted by Gasteiger charge is 2.28. The van der Waals surface area contributed by atoms with Crippen LogP contribution < -0.4 is 5.73 Å². The summed E-state index contributed by atoms with van der Waals surface area (Å²) in [6, 6.07) is 0.153. The second-order valence-corrected chi connectivity index (χ2v) is 3.56. The SMILES string of the molecule is CC(C)(N)c1c(F)c(F)cc(F)c1F. The Balaban J connectivity index is 3.56. The molecule has 0 atom stereocenters. The number of nitrogens with two attached hydrogens (primary N) is 1. The molecule has 0 amide bonds. The van der Waals surface area contributed by atoms with Crippen LogP contribution in [0.25, 0.3) is 0 Å². The van der Waals surface area contributed by atoms with E-state index in [1.807, 2.05) is 0 Å². The van der Waals surface area contributed by atoms with Gasteiger partial charge in [-0.05, 0) is 13.8 Å². The van der Waals surface area contributed by atoms with Crippen LogP contribution in [0.15, 0.2) is 6.07 Å². The quantitative estimate of drug-likeness (QED) is 0.555. The van der Waals surface area contributed by atoms with Gasteiger partial charge in [0.05, 0.1) is 0 Å². The van der Waals surface area contributed by atoms with E-state index in [1.165, 1.54) is 13.8 Å². The van der Waals surface area contributed by atoms with Crippen molar-refractivity contribution in [3.8, 4) is 0 Å². The van der Waals surface area contributed by atoms with Crippen molar-refractivity contribution in [2.75, 3.05) is 0 Å². The zero-order chi connectivity index (χ0) is 11.1. The molecule has 2 N–H and O–H groups in total. The molecule has 0 aliphatic heterocycles. The summed E-state index contributed by atoms with van der Waals surface area (Å²) in [6.07, 6.45) is 0. The van der Waals surface area contributed by atoms with Crippen LogP contribution in [0.1, 0.15) is 19.4 Å². The van der Waals surface area contributed by atoms with Gasteiger partial charge in [-0.1, -0.05) is 0 Å². The monoisotopic (exact) mass is 207 g/mol. The summed E-state index contributed by atoms with van der Waals surface area (Å²) in [4.78, 5) is 0. The molecule has 0 saturated heterocycles. The van der Waals surface area contributed by atoms with Gasteiger partial charge in [-0.25, -0.2) is 17.6 Å². The molecule has 0 spiro atoms. The molecule has 0 aliphatic rings. The van der Waals surface area contributed by atoms with Gasteiger partial charge in [-0.2, -0.15) is 0 Å². The second-order valence-electron chi connectivity index (χ2n) is 3.56. The average Bonchev–Trinajstić information content (AvgIpc) is 1.98. The number of halogens is 4. The van der Waals surface area contributed by atoms with Gasteiger partial charge >= 0.3 is 0 Å². The fourth-order valence-corrected chi connectivity index (χ4v) is 1.14. The molecule has 0 radical (unpaired) electrons. The smallest absolute Gasteiger partial charge is 0.167 e. The first-order valence-electron chi connectivity index (χ1n) is 3.87. The normalized spacial score (nSPS) is 11.9. The Morgan fingerprint density at radius 3 is 1.64 bits per heavy atom. The molecule has 1 nitrogen and oxygen atoms in total. The summed E-state index contributed by atoms with van der Waals surface area (Å²) in [5.41, 5.74) is 3.13. The molecule has 0 aliphatic carbocycles. The number of benzene rings is 1. The summed E-state index contributed by atoms with van der Waals surface area (Å²) >= 11 is 0. The van der Waals surface area contributed by atoms with Crippen molar-refractivity contribution in [1.29, 1.82) is 0 Å². The molecule has 0 saturated carbocycles. The summed E-state index contributed by atoms with van der Waals surface area (Å²) in [7, 11) is 0. The Bertz CT molecular complexity index is 342. The fourth-order valence-electron chi connectivity index (χ4n) is 1.14. The second kappa shape index (κ2) is 3.24. The van der Waals surface area contributed by atoms with Gasteiger partial charge in [0.2, 0.25) is 0 Å². The van der Waals surface area contributed by atoms with Crippen LogP contribution >= 0.6 is 0 Å². The summed E-state index contributed by atoms with van der Waals surface area (Å²) in [5, 5.41) is 0. The summed E-state index contributed by atoms with van der Waals surface area (Å²) in [6.45, 7) is 2.51. The molecule has 5 heteroatoms. The van der Waals surface area contributed by atoms with E-state index in [2.05, 4.69) is 0 Å². The van der Waals surface area contributed by atoms with Crippen molar-refractivity contribution in [1.82, 2.24) is 0 Å². The van der Waals surface area contributed by atoms with Crippen LogP contribution in [0.3, 0.4) is 0 Å². The minimum absolute atomic E-state index is 0.153.